The highest BCUT2D eigenvalue weighted by Crippen LogP contribution is 2.25. The molecule has 7 heteroatoms. The van der Waals surface area contributed by atoms with Gasteiger partial charge in [0, 0.05) is 23.5 Å². The molecule has 1 fully saturated rings. The molecule has 3 rings (SSSR count). The van der Waals surface area contributed by atoms with Crippen LogP contribution in [0.5, 0.6) is 0 Å². The highest BCUT2D eigenvalue weighted by atomic mass is 32.2. The normalized spacial score (nSPS) is 21.8. The first-order valence-corrected chi connectivity index (χ1v) is 9.09. The topological polar surface area (TPSA) is 63.4 Å². The van der Waals surface area contributed by atoms with Crippen molar-refractivity contribution in [1.82, 2.24) is 24.5 Å². The van der Waals surface area contributed by atoms with Crippen LogP contribution in [0.25, 0.3) is 5.78 Å². The number of amides is 1. The Morgan fingerprint density at radius 3 is 2.65 bits per heavy atom. The van der Waals surface area contributed by atoms with Crippen LogP contribution in [0.1, 0.15) is 44.5 Å². The number of piperidine rings is 1. The molecule has 2 aromatic rings. The minimum absolute atomic E-state index is 0.184. The van der Waals surface area contributed by atoms with Gasteiger partial charge in [-0.25, -0.2) is 4.98 Å². The van der Waals surface area contributed by atoms with Crippen molar-refractivity contribution in [1.29, 1.82) is 0 Å². The van der Waals surface area contributed by atoms with Crippen LogP contribution in [-0.4, -0.2) is 48.2 Å². The van der Waals surface area contributed by atoms with Gasteiger partial charge in [-0.3, -0.25) is 9.20 Å². The number of hydrogen-bond donors (Lipinski definition) is 0. The number of carbonyl (C=O) groups excluding carboxylic acids is 1. The van der Waals surface area contributed by atoms with Crippen molar-refractivity contribution in [3.8, 4) is 0 Å². The van der Waals surface area contributed by atoms with E-state index in [0.717, 1.165) is 29.4 Å². The maximum Gasteiger partial charge on any atom is 0.256 e. The zero-order chi connectivity index (χ0) is 16.6. The van der Waals surface area contributed by atoms with E-state index < -0.39 is 0 Å². The molecule has 0 aromatic carbocycles. The summed E-state index contributed by atoms with van der Waals surface area (Å²) >= 11 is 1.44. The lowest BCUT2D eigenvalue weighted by atomic mass is 9.98. The van der Waals surface area contributed by atoms with Gasteiger partial charge in [0.1, 0.15) is 0 Å². The van der Waals surface area contributed by atoms with Gasteiger partial charge >= 0.3 is 0 Å². The Morgan fingerprint density at radius 1 is 1.26 bits per heavy atom. The van der Waals surface area contributed by atoms with E-state index in [9.17, 15) is 4.79 Å². The summed E-state index contributed by atoms with van der Waals surface area (Å²) in [6.45, 7) is 8.23. The SMILES string of the molecule is Cc1cc(C)n2c(SCC(=O)N3[C@@H](C)CCC[C@@H]3C)nnc2n1. The Labute approximate surface area is 140 Å². The number of carbonyl (C=O) groups is 1. The molecule has 1 saturated heterocycles. The molecule has 0 radical (unpaired) electrons. The third kappa shape index (κ3) is 3.20. The number of rotatable bonds is 3. The van der Waals surface area contributed by atoms with Gasteiger partial charge in [0.25, 0.3) is 5.78 Å². The predicted octanol–water partition coefficient (Wildman–Crippen LogP) is 2.62. The van der Waals surface area contributed by atoms with Crippen LogP contribution in [0.3, 0.4) is 0 Å². The summed E-state index contributed by atoms with van der Waals surface area (Å²) in [5.41, 5.74) is 1.96. The summed E-state index contributed by atoms with van der Waals surface area (Å²) < 4.78 is 1.91. The molecule has 1 aliphatic rings. The van der Waals surface area contributed by atoms with Gasteiger partial charge in [-0.2, -0.15) is 0 Å². The number of thioether (sulfide) groups is 1. The van der Waals surface area contributed by atoms with E-state index in [1.54, 1.807) is 0 Å². The summed E-state index contributed by atoms with van der Waals surface area (Å²) in [7, 11) is 0. The molecule has 124 valence electrons. The summed E-state index contributed by atoms with van der Waals surface area (Å²) in [6, 6.07) is 2.65. The molecule has 3 heterocycles. The lowest BCUT2D eigenvalue weighted by molar-refractivity contribution is -0.134. The number of hydrogen-bond acceptors (Lipinski definition) is 5. The summed E-state index contributed by atoms with van der Waals surface area (Å²) in [5, 5.41) is 9.04. The average molecular weight is 333 g/mol. The van der Waals surface area contributed by atoms with Crippen LogP contribution in [0.4, 0.5) is 0 Å². The number of aromatic nitrogens is 4. The average Bonchev–Trinajstić information content (AvgIpc) is 2.88. The van der Waals surface area contributed by atoms with E-state index in [-0.39, 0.29) is 5.91 Å². The van der Waals surface area contributed by atoms with Crippen molar-refractivity contribution in [2.75, 3.05) is 5.75 Å². The molecule has 2 aromatic heterocycles. The van der Waals surface area contributed by atoms with Crippen molar-refractivity contribution in [2.24, 2.45) is 0 Å². The molecule has 6 nitrogen and oxygen atoms in total. The molecule has 23 heavy (non-hydrogen) atoms. The van der Waals surface area contributed by atoms with Gasteiger partial charge in [0.2, 0.25) is 5.91 Å². The van der Waals surface area contributed by atoms with Crippen LogP contribution < -0.4 is 0 Å². The van der Waals surface area contributed by atoms with E-state index >= 15 is 0 Å². The second-order valence-corrected chi connectivity index (χ2v) is 7.32. The third-order valence-corrected chi connectivity index (χ3v) is 5.38. The minimum atomic E-state index is 0.184. The Bertz CT molecular complexity index is 719. The smallest absolute Gasteiger partial charge is 0.256 e. The molecule has 0 saturated carbocycles. The van der Waals surface area contributed by atoms with E-state index in [0.29, 0.717) is 23.6 Å². The molecule has 0 N–H and O–H groups in total. The predicted molar refractivity (Wildman–Crippen MR) is 90.6 cm³/mol. The number of fused-ring (bicyclic) bond motifs is 1. The monoisotopic (exact) mass is 333 g/mol. The first-order chi connectivity index (χ1) is 11.0. The van der Waals surface area contributed by atoms with E-state index in [1.165, 1.54) is 18.2 Å². The van der Waals surface area contributed by atoms with Crippen LogP contribution in [0.2, 0.25) is 0 Å². The van der Waals surface area contributed by atoms with E-state index in [4.69, 9.17) is 0 Å². The zero-order valence-corrected chi connectivity index (χ0v) is 14.9. The first-order valence-electron chi connectivity index (χ1n) is 8.10. The highest BCUT2D eigenvalue weighted by Gasteiger charge is 2.29. The van der Waals surface area contributed by atoms with Crippen LogP contribution in [0.15, 0.2) is 11.2 Å². The lowest BCUT2D eigenvalue weighted by Gasteiger charge is -2.39. The molecule has 0 aliphatic carbocycles. The maximum absolute atomic E-state index is 12.6. The molecular formula is C16H23N5OS. The molecule has 2 atom stereocenters. The van der Waals surface area contributed by atoms with Gasteiger partial charge in [0.15, 0.2) is 5.16 Å². The van der Waals surface area contributed by atoms with E-state index in [2.05, 4.69) is 29.0 Å². The zero-order valence-electron chi connectivity index (χ0n) is 14.1. The van der Waals surface area contributed by atoms with Gasteiger partial charge in [0.05, 0.1) is 5.75 Å². The maximum atomic E-state index is 12.6. The fraction of sp³-hybridized carbons (Fsp3) is 0.625. The minimum Gasteiger partial charge on any atom is -0.337 e. The van der Waals surface area contributed by atoms with Crippen molar-refractivity contribution in [2.45, 2.75) is 64.2 Å². The van der Waals surface area contributed by atoms with Crippen molar-refractivity contribution < 1.29 is 4.79 Å². The van der Waals surface area contributed by atoms with Gasteiger partial charge < -0.3 is 4.90 Å². The molecule has 0 unspecified atom stereocenters. The second-order valence-electron chi connectivity index (χ2n) is 6.38. The molecule has 1 amide bonds. The Balaban J connectivity index is 1.74. The fourth-order valence-electron chi connectivity index (χ4n) is 3.41. The van der Waals surface area contributed by atoms with Crippen molar-refractivity contribution in [3.05, 3.63) is 17.5 Å². The summed E-state index contributed by atoms with van der Waals surface area (Å²) in [6.07, 6.45) is 3.39. The number of aryl methyl sites for hydroxylation is 2. The Kier molecular flexibility index (Phi) is 4.57. The van der Waals surface area contributed by atoms with Crippen LogP contribution in [0, 0.1) is 13.8 Å². The number of likely N-dealkylation sites (tertiary alicyclic amines) is 1. The molecule has 0 bridgehead atoms. The highest BCUT2D eigenvalue weighted by molar-refractivity contribution is 7.99. The molecular weight excluding hydrogens is 310 g/mol. The van der Waals surface area contributed by atoms with Crippen molar-refractivity contribution in [3.63, 3.8) is 0 Å². The Hall–Kier alpha value is -1.63. The summed E-state index contributed by atoms with van der Waals surface area (Å²) in [5.74, 6) is 1.17. The summed E-state index contributed by atoms with van der Waals surface area (Å²) in [4.78, 5) is 19.0. The second kappa shape index (κ2) is 6.47. The standard InChI is InChI=1S/C16H23N5OS/c1-10-8-13(4)21-15(17-10)18-19-16(21)23-9-14(22)20-11(2)6-5-7-12(20)3/h8,11-12H,5-7,9H2,1-4H3/t11-,12-/m0/s1. The molecule has 0 spiro atoms. The quantitative estimate of drug-likeness (QED) is 0.808. The van der Waals surface area contributed by atoms with Gasteiger partial charge in [-0.15, -0.1) is 10.2 Å². The molecule has 1 aliphatic heterocycles. The van der Waals surface area contributed by atoms with Crippen molar-refractivity contribution >= 4 is 23.4 Å². The van der Waals surface area contributed by atoms with Gasteiger partial charge in [-0.05, 0) is 53.0 Å². The van der Waals surface area contributed by atoms with E-state index in [1.807, 2.05) is 29.2 Å². The lowest BCUT2D eigenvalue weighted by Crippen LogP contribution is -2.48. The van der Waals surface area contributed by atoms with Crippen LogP contribution >= 0.6 is 11.8 Å². The third-order valence-electron chi connectivity index (χ3n) is 4.47. The number of nitrogens with zero attached hydrogens (tertiary/aromatic N) is 5. The largest absolute Gasteiger partial charge is 0.337 e. The Morgan fingerprint density at radius 2 is 1.96 bits per heavy atom. The fourth-order valence-corrected chi connectivity index (χ4v) is 4.26. The van der Waals surface area contributed by atoms with Gasteiger partial charge in [-0.1, -0.05) is 11.8 Å². The first kappa shape index (κ1) is 16.2. The van der Waals surface area contributed by atoms with Crippen LogP contribution in [-0.2, 0) is 4.79 Å².